The van der Waals surface area contributed by atoms with Crippen LogP contribution in [0.1, 0.15) is 49.4 Å². The first kappa shape index (κ1) is 15.6. The van der Waals surface area contributed by atoms with E-state index in [0.717, 1.165) is 24.8 Å². The van der Waals surface area contributed by atoms with E-state index in [1.54, 1.807) is 12.3 Å². The largest absolute Gasteiger partial charge is 0.465 e. The summed E-state index contributed by atoms with van der Waals surface area (Å²) in [6.45, 7) is 3.16. The lowest BCUT2D eigenvalue weighted by atomic mass is 9.81. The highest BCUT2D eigenvalue weighted by Crippen LogP contribution is 2.30. The molecule has 1 aromatic rings. The molecule has 2 unspecified atom stereocenters. The third-order valence-electron chi connectivity index (χ3n) is 4.29. The molecule has 1 aromatic heterocycles. The van der Waals surface area contributed by atoms with Crippen molar-refractivity contribution in [2.24, 2.45) is 11.8 Å². The van der Waals surface area contributed by atoms with Crippen LogP contribution in [0.15, 0.2) is 12.3 Å². The summed E-state index contributed by atoms with van der Waals surface area (Å²) in [4.78, 5) is 15.8. The second-order valence-electron chi connectivity index (χ2n) is 5.97. The Labute approximate surface area is 126 Å². The Morgan fingerprint density at radius 3 is 3.05 bits per heavy atom. The first-order valence-electron chi connectivity index (χ1n) is 7.68. The van der Waals surface area contributed by atoms with Gasteiger partial charge in [-0.1, -0.05) is 26.2 Å². The van der Waals surface area contributed by atoms with Crippen molar-refractivity contribution in [3.8, 4) is 0 Å². The number of nitrogen functional groups attached to an aromatic ring is 1. The summed E-state index contributed by atoms with van der Waals surface area (Å²) in [7, 11) is 1.35. The van der Waals surface area contributed by atoms with Crippen molar-refractivity contribution in [1.82, 2.24) is 4.98 Å². The Morgan fingerprint density at radius 2 is 2.33 bits per heavy atom. The molecule has 0 aromatic carbocycles. The normalized spacial score (nSPS) is 21.8. The molecular formula is C16H25N3O2. The quantitative estimate of drug-likeness (QED) is 0.815. The molecule has 0 spiro atoms. The van der Waals surface area contributed by atoms with Gasteiger partial charge in [0.2, 0.25) is 0 Å². The lowest BCUT2D eigenvalue weighted by molar-refractivity contribution is 0.0602. The van der Waals surface area contributed by atoms with Gasteiger partial charge in [0.05, 0.1) is 18.4 Å². The smallest absolute Gasteiger partial charge is 0.340 e. The molecule has 1 fully saturated rings. The van der Waals surface area contributed by atoms with Gasteiger partial charge in [-0.05, 0) is 30.7 Å². The Hall–Kier alpha value is -1.78. The highest BCUT2D eigenvalue weighted by Gasteiger charge is 2.19. The first-order valence-corrected chi connectivity index (χ1v) is 7.68. The van der Waals surface area contributed by atoms with Crippen molar-refractivity contribution in [3.05, 3.63) is 17.8 Å². The van der Waals surface area contributed by atoms with Gasteiger partial charge in [0.25, 0.3) is 0 Å². The number of pyridine rings is 1. The van der Waals surface area contributed by atoms with Crippen molar-refractivity contribution < 1.29 is 9.53 Å². The number of nitrogens with zero attached hydrogens (tertiary/aromatic N) is 1. The van der Waals surface area contributed by atoms with Gasteiger partial charge in [-0.15, -0.1) is 0 Å². The number of nitrogens with one attached hydrogen (secondary N) is 1. The minimum absolute atomic E-state index is 0.362. The number of carbonyl (C=O) groups is 1. The van der Waals surface area contributed by atoms with Crippen LogP contribution in [-0.2, 0) is 4.74 Å². The van der Waals surface area contributed by atoms with Gasteiger partial charge in [0.1, 0.15) is 5.82 Å². The molecule has 1 aliphatic rings. The Morgan fingerprint density at radius 1 is 1.52 bits per heavy atom. The number of hydrogen-bond donors (Lipinski definition) is 2. The molecule has 1 heterocycles. The number of ether oxygens (including phenoxy) is 1. The average molecular weight is 291 g/mol. The third kappa shape index (κ3) is 4.09. The number of carbonyl (C=O) groups excluding carboxylic acids is 1. The van der Waals surface area contributed by atoms with Crippen LogP contribution in [0.3, 0.4) is 0 Å². The zero-order chi connectivity index (χ0) is 15.2. The van der Waals surface area contributed by atoms with E-state index in [4.69, 9.17) is 10.5 Å². The number of nitrogens with two attached hydrogens (primary N) is 1. The maximum absolute atomic E-state index is 11.6. The van der Waals surface area contributed by atoms with Gasteiger partial charge in [-0.25, -0.2) is 9.78 Å². The van der Waals surface area contributed by atoms with E-state index in [1.165, 1.54) is 32.8 Å². The van der Waals surface area contributed by atoms with Crippen LogP contribution in [0, 0.1) is 11.8 Å². The minimum atomic E-state index is -0.431. The second-order valence-corrected chi connectivity index (χ2v) is 5.97. The predicted molar refractivity (Wildman–Crippen MR) is 84.2 cm³/mol. The fourth-order valence-electron chi connectivity index (χ4n) is 3.12. The summed E-state index contributed by atoms with van der Waals surface area (Å²) in [6.07, 6.45) is 8.02. The van der Waals surface area contributed by atoms with Gasteiger partial charge >= 0.3 is 5.97 Å². The molecule has 1 aliphatic carbocycles. The van der Waals surface area contributed by atoms with Crippen molar-refractivity contribution in [3.63, 3.8) is 0 Å². The summed E-state index contributed by atoms with van der Waals surface area (Å²) in [5.41, 5.74) is 6.70. The minimum Gasteiger partial charge on any atom is -0.465 e. The van der Waals surface area contributed by atoms with Gasteiger partial charge in [-0.2, -0.15) is 0 Å². The summed E-state index contributed by atoms with van der Waals surface area (Å²) < 4.78 is 4.71. The van der Waals surface area contributed by atoms with Crippen LogP contribution in [0.25, 0.3) is 0 Å². The maximum atomic E-state index is 11.6. The molecule has 0 radical (unpaired) electrons. The van der Waals surface area contributed by atoms with Crippen molar-refractivity contribution in [2.75, 3.05) is 24.7 Å². The topological polar surface area (TPSA) is 77.2 Å². The van der Waals surface area contributed by atoms with Gasteiger partial charge in [-0.3, -0.25) is 0 Å². The van der Waals surface area contributed by atoms with E-state index < -0.39 is 5.97 Å². The third-order valence-corrected chi connectivity index (χ3v) is 4.29. The van der Waals surface area contributed by atoms with Gasteiger partial charge in [0, 0.05) is 12.7 Å². The van der Waals surface area contributed by atoms with Crippen LogP contribution in [0.4, 0.5) is 11.5 Å². The maximum Gasteiger partial charge on any atom is 0.340 e. The van der Waals surface area contributed by atoms with E-state index >= 15 is 0 Å². The summed E-state index contributed by atoms with van der Waals surface area (Å²) in [5, 5.41) is 3.25. The summed E-state index contributed by atoms with van der Waals surface area (Å²) in [5.74, 6) is 1.77. The van der Waals surface area contributed by atoms with Crippen LogP contribution in [0.2, 0.25) is 0 Å². The highest BCUT2D eigenvalue weighted by molar-refractivity contribution is 5.97. The SMILES string of the molecule is COC(=O)c1ccnc(NCCC2CCCC(C)C2)c1N. The summed E-state index contributed by atoms with van der Waals surface area (Å²) >= 11 is 0. The number of rotatable bonds is 5. The molecule has 0 amide bonds. The molecule has 116 valence electrons. The molecule has 21 heavy (non-hydrogen) atoms. The average Bonchev–Trinajstić information content (AvgIpc) is 2.48. The number of esters is 1. The van der Waals surface area contributed by atoms with E-state index in [-0.39, 0.29) is 0 Å². The van der Waals surface area contributed by atoms with Crippen molar-refractivity contribution >= 4 is 17.5 Å². The van der Waals surface area contributed by atoms with E-state index in [0.29, 0.717) is 17.1 Å². The Kier molecular flexibility index (Phi) is 5.42. The molecule has 0 saturated heterocycles. The molecule has 5 nitrogen and oxygen atoms in total. The van der Waals surface area contributed by atoms with Crippen LogP contribution in [0.5, 0.6) is 0 Å². The number of methoxy groups -OCH3 is 1. The fourth-order valence-corrected chi connectivity index (χ4v) is 3.12. The molecule has 0 bridgehead atoms. The lowest BCUT2D eigenvalue weighted by Crippen LogP contribution is -2.17. The predicted octanol–water partition coefficient (Wildman–Crippen LogP) is 3.08. The molecule has 2 rings (SSSR count). The number of hydrogen-bond acceptors (Lipinski definition) is 5. The van der Waals surface area contributed by atoms with Crippen LogP contribution >= 0.6 is 0 Å². The molecule has 3 N–H and O–H groups in total. The van der Waals surface area contributed by atoms with E-state index in [2.05, 4.69) is 17.2 Å². The monoisotopic (exact) mass is 291 g/mol. The first-order chi connectivity index (χ1) is 10.1. The Balaban J connectivity index is 1.90. The number of aromatic nitrogens is 1. The number of anilines is 2. The molecular weight excluding hydrogens is 266 g/mol. The molecule has 2 atom stereocenters. The lowest BCUT2D eigenvalue weighted by Gasteiger charge is -2.26. The van der Waals surface area contributed by atoms with Gasteiger partial charge in [0.15, 0.2) is 0 Å². The fraction of sp³-hybridized carbons (Fsp3) is 0.625. The Bertz CT molecular complexity index is 490. The second kappa shape index (κ2) is 7.29. The van der Waals surface area contributed by atoms with Crippen molar-refractivity contribution in [2.45, 2.75) is 39.0 Å². The van der Waals surface area contributed by atoms with Gasteiger partial charge < -0.3 is 15.8 Å². The summed E-state index contributed by atoms with van der Waals surface area (Å²) in [6, 6.07) is 1.58. The van der Waals surface area contributed by atoms with E-state index in [1.807, 2.05) is 0 Å². The molecule has 5 heteroatoms. The van der Waals surface area contributed by atoms with Crippen LogP contribution in [-0.4, -0.2) is 24.6 Å². The zero-order valence-electron chi connectivity index (χ0n) is 12.9. The van der Waals surface area contributed by atoms with Crippen LogP contribution < -0.4 is 11.1 Å². The molecule has 1 saturated carbocycles. The zero-order valence-corrected chi connectivity index (χ0v) is 12.9. The molecule has 0 aliphatic heterocycles. The van der Waals surface area contributed by atoms with E-state index in [9.17, 15) is 4.79 Å². The van der Waals surface area contributed by atoms with Crippen molar-refractivity contribution in [1.29, 1.82) is 0 Å². The standard InChI is InChI=1S/C16H25N3O2/c1-11-4-3-5-12(10-11)6-8-18-15-14(17)13(7-9-19-15)16(20)21-2/h7,9,11-12H,3-6,8,10,17H2,1-2H3,(H,18,19). The highest BCUT2D eigenvalue weighted by atomic mass is 16.5.